The van der Waals surface area contributed by atoms with Crippen molar-refractivity contribution in [3.8, 4) is 6.07 Å². The highest BCUT2D eigenvalue weighted by Crippen LogP contribution is 2.36. The van der Waals surface area contributed by atoms with Gasteiger partial charge in [0.1, 0.15) is 6.04 Å². The molecule has 0 aliphatic carbocycles. The van der Waals surface area contributed by atoms with Crippen LogP contribution in [0.4, 0.5) is 18.9 Å². The van der Waals surface area contributed by atoms with Gasteiger partial charge < -0.3 is 9.80 Å². The molecule has 8 heteroatoms. The molecule has 0 radical (unpaired) electrons. The van der Waals surface area contributed by atoms with Gasteiger partial charge in [-0.2, -0.15) is 18.4 Å². The number of carbonyl (C=O) groups is 1. The lowest BCUT2D eigenvalue weighted by molar-refractivity contribution is -0.137. The third kappa shape index (κ3) is 6.14. The Morgan fingerprint density at radius 3 is 2.32 bits per heavy atom. The Bertz CT molecular complexity index is 967. The van der Waals surface area contributed by atoms with Crippen LogP contribution in [-0.4, -0.2) is 30.9 Å². The number of hydrogen-bond acceptors (Lipinski definition) is 3. The molecule has 0 bridgehead atoms. The number of nitriles is 1. The van der Waals surface area contributed by atoms with Crippen LogP contribution in [0.15, 0.2) is 42.5 Å². The van der Waals surface area contributed by atoms with Crippen LogP contribution in [0.2, 0.25) is 5.02 Å². The van der Waals surface area contributed by atoms with E-state index in [0.29, 0.717) is 17.0 Å². The van der Waals surface area contributed by atoms with Crippen LogP contribution in [0.25, 0.3) is 0 Å². The van der Waals surface area contributed by atoms with E-state index < -0.39 is 23.3 Å². The Hall–Kier alpha value is -2.72. The number of anilines is 1. The lowest BCUT2D eigenvalue weighted by atomic mass is 9.98. The summed E-state index contributed by atoms with van der Waals surface area (Å²) in [6, 6.07) is 11.4. The molecule has 0 N–H and O–H groups in total. The van der Waals surface area contributed by atoms with E-state index in [4.69, 9.17) is 16.9 Å². The average molecular weight is 452 g/mol. The van der Waals surface area contributed by atoms with Crippen LogP contribution in [0, 0.1) is 17.2 Å². The molecule has 166 valence electrons. The van der Waals surface area contributed by atoms with Gasteiger partial charge in [-0.05, 0) is 42.2 Å². The number of likely N-dealkylation sites (N-methyl/N-ethyl adjacent to an activating group) is 1. The highest BCUT2D eigenvalue weighted by atomic mass is 35.5. The molecule has 0 aliphatic rings. The molecule has 0 unspecified atom stereocenters. The second-order valence-electron chi connectivity index (χ2n) is 7.94. The molecule has 1 amide bonds. The molecule has 4 nitrogen and oxygen atoms in total. The summed E-state index contributed by atoms with van der Waals surface area (Å²) in [5.41, 5.74) is -0.611. The Morgan fingerprint density at radius 1 is 1.16 bits per heavy atom. The second-order valence-corrected chi connectivity index (χ2v) is 8.34. The predicted octanol–water partition coefficient (Wildman–Crippen LogP) is 5.74. The summed E-state index contributed by atoms with van der Waals surface area (Å²) < 4.78 is 40.8. The molecule has 0 spiro atoms. The van der Waals surface area contributed by atoms with Crippen molar-refractivity contribution in [2.75, 3.05) is 19.0 Å². The maximum absolute atomic E-state index is 13.6. The third-order valence-electron chi connectivity index (χ3n) is 4.86. The highest BCUT2D eigenvalue weighted by Gasteiger charge is 2.36. The molecule has 0 saturated carbocycles. The smallest absolute Gasteiger partial charge is 0.355 e. The van der Waals surface area contributed by atoms with Crippen molar-refractivity contribution in [3.05, 3.63) is 64.2 Å². The van der Waals surface area contributed by atoms with E-state index in [1.807, 2.05) is 13.8 Å². The maximum atomic E-state index is 13.6. The first-order chi connectivity index (χ1) is 14.5. The normalized spacial score (nSPS) is 12.4. The number of nitrogens with zero attached hydrogens (tertiary/aromatic N) is 3. The molecule has 31 heavy (non-hydrogen) atoms. The molecule has 0 fully saturated rings. The van der Waals surface area contributed by atoms with Crippen molar-refractivity contribution in [2.24, 2.45) is 5.92 Å². The first-order valence-corrected chi connectivity index (χ1v) is 10.2. The SMILES string of the molecule is CC(C)C[C@H](C(=O)N(C)C)N(Cc1ccccc1Cl)c1ccc(C#N)c(C(F)(F)F)c1. The van der Waals surface area contributed by atoms with E-state index in [1.165, 1.54) is 11.0 Å². The lowest BCUT2D eigenvalue weighted by Gasteiger charge is -2.36. The molecule has 2 aromatic rings. The number of amides is 1. The zero-order valence-electron chi connectivity index (χ0n) is 17.9. The molecule has 0 heterocycles. The Balaban J connectivity index is 2.67. The van der Waals surface area contributed by atoms with E-state index in [2.05, 4.69) is 0 Å². The van der Waals surface area contributed by atoms with E-state index in [1.54, 1.807) is 49.3 Å². The summed E-state index contributed by atoms with van der Waals surface area (Å²) in [6.45, 7) is 4.03. The van der Waals surface area contributed by atoms with E-state index >= 15 is 0 Å². The maximum Gasteiger partial charge on any atom is 0.417 e. The Kier molecular flexibility index (Phi) is 7.96. The van der Waals surface area contributed by atoms with E-state index in [-0.39, 0.29) is 24.1 Å². The van der Waals surface area contributed by atoms with E-state index in [9.17, 15) is 18.0 Å². The summed E-state index contributed by atoms with van der Waals surface area (Å²) in [5, 5.41) is 9.59. The molecular weight excluding hydrogens is 427 g/mol. The molecule has 2 aromatic carbocycles. The number of carbonyl (C=O) groups excluding carboxylic acids is 1. The Labute approximate surface area is 185 Å². The number of rotatable bonds is 7. The zero-order chi connectivity index (χ0) is 23.3. The van der Waals surface area contributed by atoms with Gasteiger partial charge >= 0.3 is 6.18 Å². The number of hydrogen-bond donors (Lipinski definition) is 0. The predicted molar refractivity (Wildman–Crippen MR) is 116 cm³/mol. The first-order valence-electron chi connectivity index (χ1n) is 9.78. The fourth-order valence-corrected chi connectivity index (χ4v) is 3.54. The molecule has 0 saturated heterocycles. The van der Waals surface area contributed by atoms with Gasteiger partial charge in [-0.25, -0.2) is 0 Å². The standard InChI is InChI=1S/C23H25ClF3N3O/c1-15(2)11-21(22(31)29(3)4)30(14-17-7-5-6-8-20(17)24)18-10-9-16(13-28)19(12-18)23(25,26)27/h5-10,12,15,21H,11,14H2,1-4H3/t21-/m1/s1. The minimum Gasteiger partial charge on any atom is -0.355 e. The van der Waals surface area contributed by atoms with Crippen molar-refractivity contribution in [3.63, 3.8) is 0 Å². The fraction of sp³-hybridized carbons (Fsp3) is 0.391. The van der Waals surface area contributed by atoms with Gasteiger partial charge in [0.05, 0.1) is 17.2 Å². The summed E-state index contributed by atoms with van der Waals surface area (Å²) in [6.07, 6.45) is -4.26. The van der Waals surface area contributed by atoms with Gasteiger partial charge in [-0.3, -0.25) is 4.79 Å². The van der Waals surface area contributed by atoms with Crippen LogP contribution < -0.4 is 4.90 Å². The van der Waals surface area contributed by atoms with Crippen molar-refractivity contribution < 1.29 is 18.0 Å². The number of alkyl halides is 3. The van der Waals surface area contributed by atoms with Crippen LogP contribution in [-0.2, 0) is 17.5 Å². The summed E-state index contributed by atoms with van der Waals surface area (Å²) in [5.74, 6) is -0.109. The number of halogens is 4. The summed E-state index contributed by atoms with van der Waals surface area (Å²) in [7, 11) is 3.23. The minimum absolute atomic E-state index is 0.114. The second kappa shape index (κ2) is 10.1. The molecule has 0 aromatic heterocycles. The van der Waals surface area contributed by atoms with Crippen LogP contribution >= 0.6 is 11.6 Å². The molecule has 1 atom stereocenters. The van der Waals surface area contributed by atoms with E-state index in [0.717, 1.165) is 12.1 Å². The summed E-state index contributed by atoms with van der Waals surface area (Å²) in [4.78, 5) is 16.1. The third-order valence-corrected chi connectivity index (χ3v) is 5.22. The molecular formula is C23H25ClF3N3O. The Morgan fingerprint density at radius 2 is 1.81 bits per heavy atom. The minimum atomic E-state index is -4.70. The topological polar surface area (TPSA) is 47.3 Å². The van der Waals surface area contributed by atoms with Crippen LogP contribution in [0.5, 0.6) is 0 Å². The largest absolute Gasteiger partial charge is 0.417 e. The van der Waals surface area contributed by atoms with Gasteiger partial charge in [0.15, 0.2) is 0 Å². The van der Waals surface area contributed by atoms with Crippen molar-refractivity contribution in [1.29, 1.82) is 5.26 Å². The molecule has 0 aliphatic heterocycles. The van der Waals surface area contributed by atoms with Gasteiger partial charge in [0.2, 0.25) is 5.91 Å². The fourth-order valence-electron chi connectivity index (χ4n) is 3.34. The van der Waals surface area contributed by atoms with Gasteiger partial charge in [-0.15, -0.1) is 0 Å². The van der Waals surface area contributed by atoms with Crippen molar-refractivity contribution in [2.45, 2.75) is 39.0 Å². The lowest BCUT2D eigenvalue weighted by Crippen LogP contribution is -2.47. The van der Waals surface area contributed by atoms with Crippen LogP contribution in [0.1, 0.15) is 37.0 Å². The van der Waals surface area contributed by atoms with Crippen LogP contribution in [0.3, 0.4) is 0 Å². The van der Waals surface area contributed by atoms with Gasteiger partial charge in [0, 0.05) is 31.4 Å². The van der Waals surface area contributed by atoms with Gasteiger partial charge in [-0.1, -0.05) is 43.6 Å². The summed E-state index contributed by atoms with van der Waals surface area (Å²) >= 11 is 6.31. The first kappa shape index (κ1) is 24.5. The monoisotopic (exact) mass is 451 g/mol. The zero-order valence-corrected chi connectivity index (χ0v) is 18.6. The molecule has 2 rings (SSSR count). The van der Waals surface area contributed by atoms with Crippen molar-refractivity contribution in [1.82, 2.24) is 4.90 Å². The number of benzene rings is 2. The van der Waals surface area contributed by atoms with Crippen molar-refractivity contribution >= 4 is 23.2 Å². The average Bonchev–Trinajstić information content (AvgIpc) is 2.70. The quantitative estimate of drug-likeness (QED) is 0.539. The highest BCUT2D eigenvalue weighted by molar-refractivity contribution is 6.31. The van der Waals surface area contributed by atoms with Gasteiger partial charge in [0.25, 0.3) is 0 Å².